The fourth-order valence-corrected chi connectivity index (χ4v) is 3.33. The van der Waals surface area contributed by atoms with Gasteiger partial charge in [0.1, 0.15) is 5.76 Å². The number of hydrogen-bond acceptors (Lipinski definition) is 4. The highest BCUT2D eigenvalue weighted by Gasteiger charge is 2.29. The third-order valence-electron chi connectivity index (χ3n) is 4.65. The number of aromatic nitrogens is 1. The Labute approximate surface area is 166 Å². The highest BCUT2D eigenvalue weighted by Crippen LogP contribution is 2.29. The number of amides is 3. The van der Waals surface area contributed by atoms with E-state index in [1.54, 1.807) is 25.9 Å². The van der Waals surface area contributed by atoms with Crippen molar-refractivity contribution in [2.45, 2.75) is 25.7 Å². The van der Waals surface area contributed by atoms with Crippen LogP contribution in [0.25, 0.3) is 0 Å². The van der Waals surface area contributed by atoms with Crippen molar-refractivity contribution in [3.05, 3.63) is 46.1 Å². The Morgan fingerprint density at radius 3 is 2.44 bits per heavy atom. The summed E-state index contributed by atoms with van der Waals surface area (Å²) in [4.78, 5) is 32.3. The van der Waals surface area contributed by atoms with Crippen molar-refractivity contribution in [3.8, 4) is 0 Å². The van der Waals surface area contributed by atoms with Crippen LogP contribution >= 0.6 is 15.9 Å². The molecule has 1 aliphatic heterocycles. The lowest BCUT2D eigenvalue weighted by molar-refractivity contribution is 0.0821. The summed E-state index contributed by atoms with van der Waals surface area (Å²) in [5.74, 6) is 1.09. The summed E-state index contributed by atoms with van der Waals surface area (Å²) >= 11 is 3.38. The van der Waals surface area contributed by atoms with E-state index in [0.717, 1.165) is 23.0 Å². The normalized spacial score (nSPS) is 14.9. The van der Waals surface area contributed by atoms with Crippen LogP contribution in [0.15, 0.2) is 33.2 Å². The Hall–Kier alpha value is -2.35. The van der Waals surface area contributed by atoms with Gasteiger partial charge in [0.05, 0.1) is 0 Å². The van der Waals surface area contributed by atoms with E-state index in [2.05, 4.69) is 26.2 Å². The van der Waals surface area contributed by atoms with Crippen LogP contribution in [-0.2, 0) is 0 Å². The maximum absolute atomic E-state index is 12.4. The monoisotopic (exact) mass is 434 g/mol. The zero-order valence-corrected chi connectivity index (χ0v) is 17.2. The van der Waals surface area contributed by atoms with Crippen molar-refractivity contribution in [1.29, 1.82) is 0 Å². The fourth-order valence-electron chi connectivity index (χ4n) is 3.07. The third-order valence-corrected chi connectivity index (χ3v) is 5.18. The van der Waals surface area contributed by atoms with Crippen LogP contribution in [0.2, 0.25) is 0 Å². The first-order valence-electron chi connectivity index (χ1n) is 8.85. The Bertz CT molecular complexity index is 824. The van der Waals surface area contributed by atoms with E-state index in [-0.39, 0.29) is 17.9 Å². The summed E-state index contributed by atoms with van der Waals surface area (Å²) < 4.78 is 6.71. The van der Waals surface area contributed by atoms with Gasteiger partial charge >= 0.3 is 6.03 Å². The van der Waals surface area contributed by atoms with Gasteiger partial charge in [-0.25, -0.2) is 9.78 Å². The van der Waals surface area contributed by atoms with E-state index >= 15 is 0 Å². The van der Waals surface area contributed by atoms with Crippen molar-refractivity contribution in [3.63, 3.8) is 0 Å². The molecule has 0 saturated carbocycles. The fraction of sp³-hybridized carbons (Fsp3) is 0.421. The molecular weight excluding hydrogens is 412 g/mol. The zero-order valence-electron chi connectivity index (χ0n) is 15.7. The number of aryl methyl sites for hydroxylation is 1. The number of urea groups is 1. The van der Waals surface area contributed by atoms with Crippen LogP contribution in [0.4, 0.5) is 10.5 Å². The van der Waals surface area contributed by atoms with Gasteiger partial charge in [-0.3, -0.25) is 4.79 Å². The molecule has 0 bridgehead atoms. The van der Waals surface area contributed by atoms with Crippen molar-refractivity contribution in [1.82, 2.24) is 14.8 Å². The van der Waals surface area contributed by atoms with Crippen LogP contribution in [0.5, 0.6) is 0 Å². The molecule has 0 unspecified atom stereocenters. The van der Waals surface area contributed by atoms with Gasteiger partial charge in [0.2, 0.25) is 0 Å². The third kappa shape index (κ3) is 4.50. The minimum Gasteiger partial charge on any atom is -0.445 e. The van der Waals surface area contributed by atoms with Gasteiger partial charge in [0.25, 0.3) is 5.91 Å². The van der Waals surface area contributed by atoms with Crippen molar-refractivity contribution >= 4 is 33.6 Å². The number of halogens is 1. The molecule has 1 aliphatic rings. The van der Waals surface area contributed by atoms with Crippen molar-refractivity contribution in [2.75, 3.05) is 32.5 Å². The van der Waals surface area contributed by atoms with Crippen molar-refractivity contribution < 1.29 is 14.0 Å². The number of carbonyl (C=O) groups excluding carboxylic acids is 2. The SMILES string of the molecule is Cc1oc(C2CCN(C(=O)Nc3ccc(Br)cc3)CC2)nc1C(=O)N(C)C. The van der Waals surface area contributed by atoms with Crippen molar-refractivity contribution in [2.24, 2.45) is 0 Å². The minimum atomic E-state index is -0.159. The number of likely N-dealkylation sites (tertiary alicyclic amines) is 1. The minimum absolute atomic E-state index is 0.108. The summed E-state index contributed by atoms with van der Waals surface area (Å²) in [6.07, 6.45) is 1.51. The Morgan fingerprint density at radius 2 is 1.85 bits per heavy atom. The Kier molecular flexibility index (Phi) is 5.84. The van der Waals surface area contributed by atoms with E-state index in [1.165, 1.54) is 4.90 Å². The first-order chi connectivity index (χ1) is 12.8. The lowest BCUT2D eigenvalue weighted by Crippen LogP contribution is -2.40. The van der Waals surface area contributed by atoms with Gasteiger partial charge in [0, 0.05) is 43.3 Å². The van der Waals surface area contributed by atoms with Gasteiger partial charge in [-0.05, 0) is 44.0 Å². The number of benzene rings is 1. The second kappa shape index (κ2) is 8.12. The molecule has 8 heteroatoms. The molecule has 0 aliphatic carbocycles. The summed E-state index contributed by atoms with van der Waals surface area (Å²) in [5, 5.41) is 2.91. The summed E-state index contributed by atoms with van der Waals surface area (Å²) in [6, 6.07) is 7.38. The quantitative estimate of drug-likeness (QED) is 0.794. The van der Waals surface area contributed by atoms with Gasteiger partial charge in [-0.1, -0.05) is 15.9 Å². The summed E-state index contributed by atoms with van der Waals surface area (Å²) in [5.41, 5.74) is 1.13. The highest BCUT2D eigenvalue weighted by atomic mass is 79.9. The molecule has 1 fully saturated rings. The van der Waals surface area contributed by atoms with Gasteiger partial charge in [-0.15, -0.1) is 0 Å². The molecule has 3 amide bonds. The van der Waals surface area contributed by atoms with Gasteiger partial charge in [0.15, 0.2) is 11.6 Å². The number of nitrogens with zero attached hydrogens (tertiary/aromatic N) is 3. The Morgan fingerprint density at radius 1 is 1.22 bits per heavy atom. The van der Waals surface area contributed by atoms with E-state index < -0.39 is 0 Å². The van der Waals surface area contributed by atoms with E-state index in [9.17, 15) is 9.59 Å². The average molecular weight is 435 g/mol. The second-order valence-corrected chi connectivity index (χ2v) is 7.77. The molecule has 1 aromatic heterocycles. The van der Waals surface area contributed by atoms with E-state index in [1.807, 2.05) is 24.3 Å². The van der Waals surface area contributed by atoms with Crippen LogP contribution in [0.1, 0.15) is 40.9 Å². The smallest absolute Gasteiger partial charge is 0.321 e. The lowest BCUT2D eigenvalue weighted by atomic mass is 9.97. The number of oxazole rings is 1. The number of nitrogens with one attached hydrogen (secondary N) is 1. The molecular formula is C19H23BrN4O3. The number of anilines is 1. The van der Waals surface area contributed by atoms with Gasteiger partial charge in [-0.2, -0.15) is 0 Å². The van der Waals surface area contributed by atoms with Crippen LogP contribution < -0.4 is 5.32 Å². The molecule has 2 heterocycles. The largest absolute Gasteiger partial charge is 0.445 e. The number of piperidine rings is 1. The summed E-state index contributed by atoms with van der Waals surface area (Å²) in [7, 11) is 3.39. The molecule has 1 aromatic carbocycles. The standard InChI is InChI=1S/C19H23BrN4O3/c1-12-16(18(25)23(2)3)22-17(27-12)13-8-10-24(11-9-13)19(26)21-15-6-4-14(20)5-7-15/h4-7,13H,8-11H2,1-3H3,(H,21,26). The predicted octanol–water partition coefficient (Wildman–Crippen LogP) is 3.86. The molecule has 0 radical (unpaired) electrons. The molecule has 1 saturated heterocycles. The lowest BCUT2D eigenvalue weighted by Gasteiger charge is -2.30. The molecule has 7 nitrogen and oxygen atoms in total. The molecule has 144 valence electrons. The highest BCUT2D eigenvalue weighted by molar-refractivity contribution is 9.10. The summed E-state index contributed by atoms with van der Waals surface area (Å²) in [6.45, 7) is 2.99. The topological polar surface area (TPSA) is 78.7 Å². The van der Waals surface area contributed by atoms with Crippen LogP contribution in [0.3, 0.4) is 0 Å². The molecule has 0 spiro atoms. The number of rotatable bonds is 3. The second-order valence-electron chi connectivity index (χ2n) is 6.85. The van der Waals surface area contributed by atoms with E-state index in [4.69, 9.17) is 4.42 Å². The van der Waals surface area contributed by atoms with Crippen LogP contribution in [0, 0.1) is 6.92 Å². The Balaban J connectivity index is 1.58. The molecule has 1 N–H and O–H groups in total. The molecule has 0 atom stereocenters. The molecule has 27 heavy (non-hydrogen) atoms. The first-order valence-corrected chi connectivity index (χ1v) is 9.65. The van der Waals surface area contributed by atoms with E-state index in [0.29, 0.717) is 30.4 Å². The maximum Gasteiger partial charge on any atom is 0.321 e. The maximum atomic E-state index is 12.4. The number of hydrogen-bond donors (Lipinski definition) is 1. The average Bonchev–Trinajstić information content (AvgIpc) is 3.04. The number of carbonyl (C=O) groups is 2. The van der Waals surface area contributed by atoms with Gasteiger partial charge < -0.3 is 19.5 Å². The van der Waals surface area contributed by atoms with Crippen LogP contribution in [-0.4, -0.2) is 53.9 Å². The molecule has 3 rings (SSSR count). The predicted molar refractivity (Wildman–Crippen MR) is 106 cm³/mol. The molecule has 2 aromatic rings. The zero-order chi connectivity index (χ0) is 19.6. The first kappa shape index (κ1) is 19.4.